The lowest BCUT2D eigenvalue weighted by molar-refractivity contribution is -0.147. The summed E-state index contributed by atoms with van der Waals surface area (Å²) in [5.41, 5.74) is 0.409. The van der Waals surface area contributed by atoms with E-state index >= 15 is 0 Å². The van der Waals surface area contributed by atoms with Gasteiger partial charge < -0.3 is 10.4 Å². The molecule has 0 spiro atoms. The van der Waals surface area contributed by atoms with E-state index in [0.29, 0.717) is 18.5 Å². The molecule has 22 heavy (non-hydrogen) atoms. The van der Waals surface area contributed by atoms with Crippen LogP contribution in [-0.2, 0) is 19.6 Å². The minimum Gasteiger partial charge on any atom is -0.481 e. The highest BCUT2D eigenvalue weighted by Crippen LogP contribution is 2.31. The number of carbonyl (C=O) groups is 2. The van der Waals surface area contributed by atoms with Gasteiger partial charge in [-0.15, -0.1) is 0 Å². The number of carboxylic acid groups (broad SMARTS) is 1. The lowest BCUT2D eigenvalue weighted by atomic mass is 9.78. The highest BCUT2D eigenvalue weighted by atomic mass is 32.2. The molecule has 1 aromatic rings. The molecule has 0 radical (unpaired) electrons. The Labute approximate surface area is 128 Å². The highest BCUT2D eigenvalue weighted by molar-refractivity contribution is 7.89. The molecule has 2 rings (SSSR count). The zero-order valence-electron chi connectivity index (χ0n) is 11.9. The first-order valence-corrected chi connectivity index (χ1v) is 8.50. The van der Waals surface area contributed by atoms with Crippen LogP contribution in [0.5, 0.6) is 0 Å². The number of nitrogens with one attached hydrogen (secondary N) is 1. The summed E-state index contributed by atoms with van der Waals surface area (Å²) in [5.74, 6) is -2.54. The van der Waals surface area contributed by atoms with Crippen molar-refractivity contribution in [3.63, 3.8) is 0 Å². The maximum absolute atomic E-state index is 12.2. The lowest BCUT2D eigenvalue weighted by Crippen LogP contribution is -2.36. The van der Waals surface area contributed by atoms with Crippen LogP contribution in [0.15, 0.2) is 29.2 Å². The predicted octanol–water partition coefficient (Wildman–Crippen LogP) is 1.16. The summed E-state index contributed by atoms with van der Waals surface area (Å²) >= 11 is 0. The second-order valence-electron chi connectivity index (χ2n) is 5.39. The van der Waals surface area contributed by atoms with Gasteiger partial charge in [-0.25, -0.2) is 13.6 Å². The zero-order valence-corrected chi connectivity index (χ0v) is 12.7. The van der Waals surface area contributed by atoms with Crippen molar-refractivity contribution >= 4 is 27.6 Å². The van der Waals surface area contributed by atoms with Crippen molar-refractivity contribution < 1.29 is 23.1 Å². The lowest BCUT2D eigenvalue weighted by Gasteiger charge is -2.27. The summed E-state index contributed by atoms with van der Waals surface area (Å²) in [6.07, 6.45) is 2.67. The molecule has 0 saturated heterocycles. The van der Waals surface area contributed by atoms with Crippen LogP contribution in [0.25, 0.3) is 0 Å². The Balaban J connectivity index is 2.09. The van der Waals surface area contributed by atoms with Crippen molar-refractivity contribution in [1.29, 1.82) is 0 Å². The van der Waals surface area contributed by atoms with Gasteiger partial charge in [0.15, 0.2) is 0 Å². The average molecular weight is 326 g/mol. The van der Waals surface area contributed by atoms with E-state index in [0.717, 1.165) is 12.8 Å². The molecule has 0 unspecified atom stereocenters. The summed E-state index contributed by atoms with van der Waals surface area (Å²) in [5, 5.41) is 16.8. The first kappa shape index (κ1) is 16.4. The number of sulfonamides is 1. The molecule has 120 valence electrons. The Kier molecular flexibility index (Phi) is 4.82. The molecule has 2 atom stereocenters. The summed E-state index contributed by atoms with van der Waals surface area (Å²) in [4.78, 5) is 23.4. The number of rotatable bonds is 4. The molecule has 1 aliphatic rings. The number of anilines is 1. The standard InChI is InChI=1S/C14H18N2O5S/c15-22(20,21)10-7-5-9(6-8-10)16-13(17)11-3-1-2-4-12(11)14(18)19/h5-8,11-12H,1-4H2,(H,16,17)(H,18,19)(H2,15,20,21)/t11-,12-/m1/s1. The van der Waals surface area contributed by atoms with Crippen molar-refractivity contribution in [1.82, 2.24) is 0 Å². The maximum Gasteiger partial charge on any atom is 0.307 e. The van der Waals surface area contributed by atoms with E-state index in [1.165, 1.54) is 24.3 Å². The largest absolute Gasteiger partial charge is 0.481 e. The van der Waals surface area contributed by atoms with Crippen molar-refractivity contribution in [3.8, 4) is 0 Å². The number of nitrogens with two attached hydrogens (primary N) is 1. The number of carboxylic acids is 1. The van der Waals surface area contributed by atoms with Crippen LogP contribution < -0.4 is 10.5 Å². The predicted molar refractivity (Wildman–Crippen MR) is 79.5 cm³/mol. The third-order valence-corrected chi connectivity index (χ3v) is 4.80. The molecular formula is C14H18N2O5S. The minimum atomic E-state index is -3.78. The van der Waals surface area contributed by atoms with Crippen LogP contribution in [-0.4, -0.2) is 25.4 Å². The van der Waals surface area contributed by atoms with Crippen LogP contribution in [0.1, 0.15) is 25.7 Å². The van der Waals surface area contributed by atoms with Crippen LogP contribution in [0.2, 0.25) is 0 Å². The Hall–Kier alpha value is -1.93. The van der Waals surface area contributed by atoms with Crippen molar-refractivity contribution in [2.24, 2.45) is 17.0 Å². The molecule has 7 nitrogen and oxygen atoms in total. The van der Waals surface area contributed by atoms with E-state index in [-0.39, 0.29) is 10.8 Å². The molecule has 4 N–H and O–H groups in total. The molecule has 0 aliphatic heterocycles. The SMILES string of the molecule is NS(=O)(=O)c1ccc(NC(=O)[C@@H]2CCCC[C@H]2C(=O)O)cc1. The van der Waals surface area contributed by atoms with Gasteiger partial charge in [0.2, 0.25) is 15.9 Å². The Morgan fingerprint density at radius 2 is 1.64 bits per heavy atom. The van der Waals surface area contributed by atoms with Crippen LogP contribution in [0.4, 0.5) is 5.69 Å². The Morgan fingerprint density at radius 1 is 1.09 bits per heavy atom. The van der Waals surface area contributed by atoms with Crippen LogP contribution in [0, 0.1) is 11.8 Å². The normalized spacial score (nSPS) is 22.0. The summed E-state index contributed by atoms with van der Waals surface area (Å²) < 4.78 is 22.3. The summed E-state index contributed by atoms with van der Waals surface area (Å²) in [7, 11) is -3.78. The number of primary sulfonamides is 1. The smallest absolute Gasteiger partial charge is 0.307 e. The van der Waals surface area contributed by atoms with Gasteiger partial charge in [-0.3, -0.25) is 9.59 Å². The van der Waals surface area contributed by atoms with E-state index < -0.39 is 27.8 Å². The third kappa shape index (κ3) is 3.83. The van der Waals surface area contributed by atoms with Gasteiger partial charge in [-0.1, -0.05) is 12.8 Å². The zero-order chi connectivity index (χ0) is 16.3. The van der Waals surface area contributed by atoms with Crippen LogP contribution in [0.3, 0.4) is 0 Å². The number of amides is 1. The molecular weight excluding hydrogens is 308 g/mol. The molecule has 1 fully saturated rings. The number of benzene rings is 1. The molecule has 1 amide bonds. The fraction of sp³-hybridized carbons (Fsp3) is 0.429. The van der Waals surface area contributed by atoms with E-state index in [4.69, 9.17) is 5.14 Å². The molecule has 0 heterocycles. The number of hydrogen-bond donors (Lipinski definition) is 3. The quantitative estimate of drug-likeness (QED) is 0.765. The average Bonchev–Trinajstić information content (AvgIpc) is 2.46. The molecule has 0 bridgehead atoms. The molecule has 1 aliphatic carbocycles. The van der Waals surface area contributed by atoms with Gasteiger partial charge in [-0.2, -0.15) is 0 Å². The van der Waals surface area contributed by atoms with Gasteiger partial charge in [0, 0.05) is 5.69 Å². The van der Waals surface area contributed by atoms with Gasteiger partial charge in [0.05, 0.1) is 16.7 Å². The van der Waals surface area contributed by atoms with E-state index in [1.807, 2.05) is 0 Å². The van der Waals surface area contributed by atoms with Gasteiger partial charge in [-0.05, 0) is 37.1 Å². The van der Waals surface area contributed by atoms with Crippen molar-refractivity contribution in [2.75, 3.05) is 5.32 Å². The van der Waals surface area contributed by atoms with Gasteiger partial charge >= 0.3 is 5.97 Å². The monoisotopic (exact) mass is 326 g/mol. The Bertz CT molecular complexity index is 669. The molecule has 8 heteroatoms. The number of aliphatic carboxylic acids is 1. The minimum absolute atomic E-state index is 0.0495. The van der Waals surface area contributed by atoms with Gasteiger partial charge in [0.1, 0.15) is 0 Å². The second-order valence-corrected chi connectivity index (χ2v) is 6.96. The van der Waals surface area contributed by atoms with E-state index in [9.17, 15) is 23.1 Å². The molecule has 1 saturated carbocycles. The van der Waals surface area contributed by atoms with Crippen molar-refractivity contribution in [2.45, 2.75) is 30.6 Å². The molecule has 1 aromatic carbocycles. The second kappa shape index (κ2) is 6.45. The first-order valence-electron chi connectivity index (χ1n) is 6.95. The topological polar surface area (TPSA) is 127 Å². The van der Waals surface area contributed by atoms with Crippen molar-refractivity contribution in [3.05, 3.63) is 24.3 Å². The highest BCUT2D eigenvalue weighted by Gasteiger charge is 2.35. The number of hydrogen-bond acceptors (Lipinski definition) is 4. The first-order chi connectivity index (χ1) is 10.3. The summed E-state index contributed by atoms with van der Waals surface area (Å²) in [6, 6.07) is 5.44. The van der Waals surface area contributed by atoms with E-state index in [2.05, 4.69) is 5.32 Å². The number of carbonyl (C=O) groups excluding carboxylic acids is 1. The fourth-order valence-electron chi connectivity index (χ4n) is 2.70. The Morgan fingerprint density at radius 3 is 2.14 bits per heavy atom. The fourth-order valence-corrected chi connectivity index (χ4v) is 3.22. The van der Waals surface area contributed by atoms with Crippen LogP contribution >= 0.6 is 0 Å². The van der Waals surface area contributed by atoms with Gasteiger partial charge in [0.25, 0.3) is 0 Å². The third-order valence-electron chi connectivity index (χ3n) is 3.87. The van der Waals surface area contributed by atoms with E-state index in [1.54, 1.807) is 0 Å². The summed E-state index contributed by atoms with van der Waals surface area (Å²) in [6.45, 7) is 0. The maximum atomic E-state index is 12.2. The molecule has 0 aromatic heterocycles.